The molecule has 0 saturated heterocycles. The van der Waals surface area contributed by atoms with Crippen molar-refractivity contribution in [3.05, 3.63) is 94.8 Å². The molecule has 2 heterocycles. The average molecular weight is 399 g/mol. The smallest absolute Gasteiger partial charge is 0.274 e. The molecule has 0 saturated carbocycles. The summed E-state index contributed by atoms with van der Waals surface area (Å²) in [5, 5.41) is 2.75. The van der Waals surface area contributed by atoms with E-state index in [2.05, 4.69) is 16.4 Å². The zero-order valence-electron chi connectivity index (χ0n) is 16.6. The van der Waals surface area contributed by atoms with Gasteiger partial charge in [-0.2, -0.15) is 0 Å². The molecule has 0 spiro atoms. The van der Waals surface area contributed by atoms with Crippen LogP contribution in [-0.2, 0) is 13.0 Å². The van der Waals surface area contributed by atoms with Gasteiger partial charge in [-0.25, -0.2) is 0 Å². The maximum absolute atomic E-state index is 13.0. The highest BCUT2D eigenvalue weighted by molar-refractivity contribution is 6.05. The first-order valence-corrected chi connectivity index (χ1v) is 9.76. The predicted molar refractivity (Wildman–Crippen MR) is 114 cm³/mol. The van der Waals surface area contributed by atoms with Crippen LogP contribution < -0.4 is 5.32 Å². The molecule has 1 N–H and O–H groups in total. The van der Waals surface area contributed by atoms with E-state index in [0.29, 0.717) is 29.9 Å². The molecule has 0 radical (unpaired) electrons. The number of anilines is 1. The summed E-state index contributed by atoms with van der Waals surface area (Å²) in [5.41, 5.74) is 4.14. The normalized spacial score (nSPS) is 12.8. The van der Waals surface area contributed by atoms with Gasteiger partial charge in [-0.1, -0.05) is 24.3 Å². The number of benzene rings is 2. The van der Waals surface area contributed by atoms with Crippen LogP contribution in [-0.4, -0.2) is 34.0 Å². The highest BCUT2D eigenvalue weighted by atomic mass is 16.2. The van der Waals surface area contributed by atoms with E-state index in [1.54, 1.807) is 35.2 Å². The zero-order chi connectivity index (χ0) is 21.1. The molecule has 0 fully saturated rings. The number of nitrogens with zero attached hydrogens (tertiary/aromatic N) is 2. The molecule has 6 nitrogen and oxygen atoms in total. The van der Waals surface area contributed by atoms with Crippen molar-refractivity contribution in [2.45, 2.75) is 19.9 Å². The number of hydrogen-bond acceptors (Lipinski definition) is 4. The fourth-order valence-electron chi connectivity index (χ4n) is 3.52. The summed E-state index contributed by atoms with van der Waals surface area (Å²) in [6, 6.07) is 17.9. The Balaban J connectivity index is 1.47. The van der Waals surface area contributed by atoms with Crippen LogP contribution in [0, 0.1) is 0 Å². The fourth-order valence-corrected chi connectivity index (χ4v) is 3.52. The first-order valence-electron chi connectivity index (χ1n) is 9.76. The molecule has 2 aromatic carbocycles. The Morgan fingerprint density at radius 2 is 1.67 bits per heavy atom. The van der Waals surface area contributed by atoms with Crippen LogP contribution in [0.4, 0.5) is 5.69 Å². The Kier molecular flexibility index (Phi) is 5.39. The van der Waals surface area contributed by atoms with Crippen LogP contribution in [0.3, 0.4) is 0 Å². The third kappa shape index (κ3) is 4.12. The lowest BCUT2D eigenvalue weighted by atomic mass is 9.99. The number of hydrogen-bond donors (Lipinski definition) is 1. The van der Waals surface area contributed by atoms with Crippen LogP contribution in [0.2, 0.25) is 0 Å². The number of carbonyl (C=O) groups excluding carboxylic acids is 3. The van der Waals surface area contributed by atoms with E-state index >= 15 is 0 Å². The molecule has 1 aliphatic rings. The number of pyridine rings is 1. The summed E-state index contributed by atoms with van der Waals surface area (Å²) in [6.07, 6.45) is 2.29. The quantitative estimate of drug-likeness (QED) is 0.678. The number of amides is 2. The SMILES string of the molecule is CC(=O)c1ccc(NC(=O)c2cc(C(=O)N3CCc4ccccc4C3)ccn2)cc1. The van der Waals surface area contributed by atoms with Crippen molar-refractivity contribution in [1.29, 1.82) is 0 Å². The zero-order valence-corrected chi connectivity index (χ0v) is 16.6. The topological polar surface area (TPSA) is 79.4 Å². The van der Waals surface area contributed by atoms with Gasteiger partial charge < -0.3 is 10.2 Å². The predicted octanol–water partition coefficient (Wildman–Crippen LogP) is 3.74. The van der Waals surface area contributed by atoms with Crippen molar-refractivity contribution in [2.24, 2.45) is 0 Å². The number of nitrogens with one attached hydrogen (secondary N) is 1. The van der Waals surface area contributed by atoms with Gasteiger partial charge in [0.1, 0.15) is 5.69 Å². The van der Waals surface area contributed by atoms with E-state index in [1.807, 2.05) is 18.2 Å². The van der Waals surface area contributed by atoms with Gasteiger partial charge in [-0.15, -0.1) is 0 Å². The molecule has 3 aromatic rings. The summed E-state index contributed by atoms with van der Waals surface area (Å²) in [6.45, 7) is 2.69. The lowest BCUT2D eigenvalue weighted by molar-refractivity contribution is 0.0734. The largest absolute Gasteiger partial charge is 0.334 e. The molecule has 0 unspecified atom stereocenters. The summed E-state index contributed by atoms with van der Waals surface area (Å²) in [5.74, 6) is -0.572. The minimum Gasteiger partial charge on any atom is -0.334 e. The van der Waals surface area contributed by atoms with E-state index in [1.165, 1.54) is 24.8 Å². The van der Waals surface area contributed by atoms with E-state index in [4.69, 9.17) is 0 Å². The molecule has 1 aromatic heterocycles. The molecule has 1 aliphatic heterocycles. The van der Waals surface area contributed by atoms with E-state index in [0.717, 1.165) is 12.0 Å². The first kappa shape index (κ1) is 19.5. The highest BCUT2D eigenvalue weighted by Crippen LogP contribution is 2.20. The maximum Gasteiger partial charge on any atom is 0.274 e. The summed E-state index contributed by atoms with van der Waals surface area (Å²) in [4.78, 5) is 42.8. The van der Waals surface area contributed by atoms with Crippen LogP contribution in [0.5, 0.6) is 0 Å². The second kappa shape index (κ2) is 8.29. The summed E-state index contributed by atoms with van der Waals surface area (Å²) < 4.78 is 0. The number of fused-ring (bicyclic) bond motifs is 1. The standard InChI is InChI=1S/C24H21N3O3/c1-16(28)17-6-8-21(9-7-17)26-23(29)22-14-19(10-12-25-22)24(30)27-13-11-18-4-2-3-5-20(18)15-27/h2-10,12,14H,11,13,15H2,1H3,(H,26,29). The van der Waals surface area contributed by atoms with Crippen LogP contribution in [0.1, 0.15) is 49.3 Å². The Labute approximate surface area is 174 Å². The molecule has 4 rings (SSSR count). The van der Waals surface area contributed by atoms with Gasteiger partial charge in [0, 0.05) is 36.1 Å². The molecule has 0 aliphatic carbocycles. The minimum absolute atomic E-state index is 0.0407. The minimum atomic E-state index is -0.413. The molecule has 6 heteroatoms. The summed E-state index contributed by atoms with van der Waals surface area (Å²) >= 11 is 0. The van der Waals surface area contributed by atoms with E-state index < -0.39 is 5.91 Å². The van der Waals surface area contributed by atoms with E-state index in [9.17, 15) is 14.4 Å². The van der Waals surface area contributed by atoms with Crippen molar-refractivity contribution in [1.82, 2.24) is 9.88 Å². The van der Waals surface area contributed by atoms with Gasteiger partial charge in [0.25, 0.3) is 11.8 Å². The Morgan fingerprint density at radius 1 is 0.933 bits per heavy atom. The number of carbonyl (C=O) groups is 3. The third-order valence-electron chi connectivity index (χ3n) is 5.21. The van der Waals surface area contributed by atoms with Crippen molar-refractivity contribution >= 4 is 23.3 Å². The van der Waals surface area contributed by atoms with Crippen molar-refractivity contribution < 1.29 is 14.4 Å². The van der Waals surface area contributed by atoms with Gasteiger partial charge in [-0.3, -0.25) is 19.4 Å². The Bertz CT molecular complexity index is 1120. The van der Waals surface area contributed by atoms with Gasteiger partial charge in [0.15, 0.2) is 5.78 Å². The monoisotopic (exact) mass is 399 g/mol. The molecule has 0 bridgehead atoms. The van der Waals surface area contributed by atoms with Crippen molar-refractivity contribution in [2.75, 3.05) is 11.9 Å². The van der Waals surface area contributed by atoms with Gasteiger partial charge in [0.05, 0.1) is 0 Å². The van der Waals surface area contributed by atoms with Gasteiger partial charge >= 0.3 is 0 Å². The lowest BCUT2D eigenvalue weighted by Crippen LogP contribution is -2.36. The van der Waals surface area contributed by atoms with E-state index in [-0.39, 0.29) is 17.4 Å². The summed E-state index contributed by atoms with van der Waals surface area (Å²) in [7, 11) is 0. The number of ketones is 1. The fraction of sp³-hybridized carbons (Fsp3) is 0.167. The second-order valence-corrected chi connectivity index (χ2v) is 7.26. The highest BCUT2D eigenvalue weighted by Gasteiger charge is 2.22. The van der Waals surface area contributed by atoms with Crippen LogP contribution in [0.25, 0.3) is 0 Å². The lowest BCUT2D eigenvalue weighted by Gasteiger charge is -2.29. The average Bonchev–Trinajstić information content (AvgIpc) is 2.78. The number of rotatable bonds is 4. The first-order chi connectivity index (χ1) is 14.5. The Morgan fingerprint density at radius 3 is 2.40 bits per heavy atom. The maximum atomic E-state index is 13.0. The van der Waals surface area contributed by atoms with Crippen molar-refractivity contribution in [3.63, 3.8) is 0 Å². The number of Topliss-reactive ketones (excluding diaryl/α,β-unsaturated/α-hetero) is 1. The molecule has 2 amide bonds. The van der Waals surface area contributed by atoms with Crippen LogP contribution >= 0.6 is 0 Å². The molecule has 0 atom stereocenters. The van der Waals surface area contributed by atoms with Gasteiger partial charge in [0.2, 0.25) is 0 Å². The molecule has 150 valence electrons. The Hall–Kier alpha value is -3.80. The molecular formula is C24H21N3O3. The molecule has 30 heavy (non-hydrogen) atoms. The van der Waals surface area contributed by atoms with Crippen molar-refractivity contribution in [3.8, 4) is 0 Å². The molecular weight excluding hydrogens is 378 g/mol. The third-order valence-corrected chi connectivity index (χ3v) is 5.21. The van der Waals surface area contributed by atoms with Crippen LogP contribution in [0.15, 0.2) is 66.9 Å². The second-order valence-electron chi connectivity index (χ2n) is 7.26. The van der Waals surface area contributed by atoms with Gasteiger partial charge in [-0.05, 0) is 60.9 Å². The number of aromatic nitrogens is 1.